The van der Waals surface area contributed by atoms with Crippen LogP contribution in [0.15, 0.2) is 24.5 Å². The molecule has 1 aliphatic heterocycles. The van der Waals surface area contributed by atoms with E-state index in [2.05, 4.69) is 21.7 Å². The van der Waals surface area contributed by atoms with Gasteiger partial charge in [-0.25, -0.2) is 4.98 Å². The average molecular weight is 339 g/mol. The number of ether oxygens (including phenoxy) is 1. The molecule has 1 aliphatic carbocycles. The third-order valence-electron chi connectivity index (χ3n) is 5.50. The van der Waals surface area contributed by atoms with Crippen LogP contribution in [0.2, 0.25) is 0 Å². The summed E-state index contributed by atoms with van der Waals surface area (Å²) in [6.45, 7) is 4.50. The largest absolute Gasteiger partial charge is 0.496 e. The molecule has 0 N–H and O–H groups in total. The first-order chi connectivity index (χ1) is 12.2. The van der Waals surface area contributed by atoms with Crippen LogP contribution in [-0.2, 0) is 24.2 Å². The predicted octanol–water partition coefficient (Wildman–Crippen LogP) is 2.92. The molecule has 0 bridgehead atoms. The summed E-state index contributed by atoms with van der Waals surface area (Å²) < 4.78 is 7.83. The molecule has 1 atom stereocenters. The van der Waals surface area contributed by atoms with Crippen molar-refractivity contribution in [1.82, 2.24) is 14.5 Å². The van der Waals surface area contributed by atoms with Crippen LogP contribution in [0.3, 0.4) is 0 Å². The third kappa shape index (κ3) is 2.92. The van der Waals surface area contributed by atoms with E-state index in [-0.39, 0.29) is 5.91 Å². The van der Waals surface area contributed by atoms with Crippen molar-refractivity contribution in [2.75, 3.05) is 20.2 Å². The van der Waals surface area contributed by atoms with Gasteiger partial charge in [0, 0.05) is 44.4 Å². The topological polar surface area (TPSA) is 47.4 Å². The highest BCUT2D eigenvalue weighted by atomic mass is 16.5. The Balaban J connectivity index is 1.63. The van der Waals surface area contributed by atoms with Gasteiger partial charge < -0.3 is 14.2 Å². The maximum atomic E-state index is 12.0. The highest BCUT2D eigenvalue weighted by molar-refractivity contribution is 5.78. The summed E-state index contributed by atoms with van der Waals surface area (Å²) in [5, 5.41) is 0. The van der Waals surface area contributed by atoms with Gasteiger partial charge in [0.15, 0.2) is 0 Å². The number of amides is 1. The molecule has 5 heteroatoms. The zero-order valence-electron chi connectivity index (χ0n) is 15.0. The van der Waals surface area contributed by atoms with Gasteiger partial charge in [0.2, 0.25) is 5.91 Å². The van der Waals surface area contributed by atoms with E-state index >= 15 is 0 Å². The first-order valence-electron chi connectivity index (χ1n) is 9.18. The number of imidazole rings is 1. The molecule has 2 heterocycles. The number of aromatic nitrogens is 2. The van der Waals surface area contributed by atoms with Crippen molar-refractivity contribution >= 4 is 5.91 Å². The molecule has 132 valence electrons. The van der Waals surface area contributed by atoms with Gasteiger partial charge in [0.25, 0.3) is 0 Å². The number of hydrogen-bond acceptors (Lipinski definition) is 3. The number of carbonyl (C=O) groups is 1. The number of benzene rings is 1. The van der Waals surface area contributed by atoms with E-state index in [9.17, 15) is 4.79 Å². The molecular weight excluding hydrogens is 314 g/mol. The van der Waals surface area contributed by atoms with Crippen LogP contribution >= 0.6 is 0 Å². The predicted molar refractivity (Wildman–Crippen MR) is 96.6 cm³/mol. The smallest absolute Gasteiger partial charge is 0.222 e. The van der Waals surface area contributed by atoms with Crippen molar-refractivity contribution in [3.05, 3.63) is 35.7 Å². The maximum Gasteiger partial charge on any atom is 0.222 e. The summed E-state index contributed by atoms with van der Waals surface area (Å²) in [6.07, 6.45) is 7.98. The van der Waals surface area contributed by atoms with E-state index in [0.29, 0.717) is 12.3 Å². The molecule has 1 aromatic carbocycles. The number of rotatable bonds is 5. The lowest BCUT2D eigenvalue weighted by Gasteiger charge is -2.17. The summed E-state index contributed by atoms with van der Waals surface area (Å²) in [6, 6.07) is 4.42. The summed E-state index contributed by atoms with van der Waals surface area (Å²) in [5.41, 5.74) is 3.88. The Morgan fingerprint density at radius 2 is 2.08 bits per heavy atom. The van der Waals surface area contributed by atoms with Crippen LogP contribution in [0.5, 0.6) is 5.75 Å². The Bertz CT molecular complexity index is 796. The van der Waals surface area contributed by atoms with Gasteiger partial charge in [-0.2, -0.15) is 0 Å². The number of nitrogens with zero attached hydrogens (tertiary/aromatic N) is 3. The van der Waals surface area contributed by atoms with Gasteiger partial charge in [-0.1, -0.05) is 0 Å². The minimum absolute atomic E-state index is 0.268. The molecule has 0 saturated carbocycles. The monoisotopic (exact) mass is 339 g/mol. The Labute approximate surface area is 148 Å². The SMILES string of the molecule is CCN1CC(Cn2ccnc2-c2cc3c(cc2OC)CCC3)CC1=O. The molecule has 25 heavy (non-hydrogen) atoms. The molecule has 2 aliphatic rings. The molecule has 2 aromatic rings. The average Bonchev–Trinajstić information content (AvgIpc) is 3.33. The lowest BCUT2D eigenvalue weighted by molar-refractivity contribution is -0.127. The second kappa shape index (κ2) is 6.54. The Kier molecular flexibility index (Phi) is 4.24. The molecular formula is C20H25N3O2. The minimum atomic E-state index is 0.268. The highest BCUT2D eigenvalue weighted by Crippen LogP contribution is 2.36. The zero-order chi connectivity index (χ0) is 17.4. The van der Waals surface area contributed by atoms with Crippen LogP contribution in [0.1, 0.15) is 30.9 Å². The molecule has 1 amide bonds. The number of methoxy groups -OCH3 is 1. The van der Waals surface area contributed by atoms with Crippen LogP contribution < -0.4 is 4.74 Å². The molecule has 5 nitrogen and oxygen atoms in total. The molecule has 0 spiro atoms. The standard InChI is InChI=1S/C20H25N3O2/c1-3-22-12-14(9-19(22)24)13-23-8-7-21-20(23)17-10-15-5-4-6-16(15)11-18(17)25-2/h7-8,10-11,14H,3-6,9,12-13H2,1-2H3. The first kappa shape index (κ1) is 16.2. The molecule has 1 saturated heterocycles. The van der Waals surface area contributed by atoms with Gasteiger partial charge in [-0.15, -0.1) is 0 Å². The van der Waals surface area contributed by atoms with Crippen molar-refractivity contribution in [3.8, 4) is 17.1 Å². The number of fused-ring (bicyclic) bond motifs is 1. The summed E-state index contributed by atoms with van der Waals surface area (Å²) in [7, 11) is 1.72. The number of carbonyl (C=O) groups excluding carboxylic acids is 1. The van der Waals surface area contributed by atoms with E-state index in [1.807, 2.05) is 24.2 Å². The Morgan fingerprint density at radius 1 is 1.28 bits per heavy atom. The highest BCUT2D eigenvalue weighted by Gasteiger charge is 2.29. The van der Waals surface area contributed by atoms with Crippen molar-refractivity contribution < 1.29 is 9.53 Å². The quantitative estimate of drug-likeness (QED) is 0.841. The van der Waals surface area contributed by atoms with Gasteiger partial charge in [0.05, 0.1) is 12.7 Å². The van der Waals surface area contributed by atoms with Gasteiger partial charge in [0.1, 0.15) is 11.6 Å². The lowest BCUT2D eigenvalue weighted by atomic mass is 10.0. The van der Waals surface area contributed by atoms with Crippen molar-refractivity contribution in [3.63, 3.8) is 0 Å². The molecule has 1 aromatic heterocycles. The van der Waals surface area contributed by atoms with E-state index < -0.39 is 0 Å². The Hall–Kier alpha value is -2.30. The van der Waals surface area contributed by atoms with E-state index in [0.717, 1.165) is 49.6 Å². The molecule has 1 fully saturated rings. The van der Waals surface area contributed by atoms with Crippen molar-refractivity contribution in [2.24, 2.45) is 5.92 Å². The maximum absolute atomic E-state index is 12.0. The van der Waals surface area contributed by atoms with Crippen molar-refractivity contribution in [1.29, 1.82) is 0 Å². The van der Waals surface area contributed by atoms with E-state index in [4.69, 9.17) is 4.74 Å². The second-order valence-electron chi connectivity index (χ2n) is 7.08. The van der Waals surface area contributed by atoms with Crippen LogP contribution in [0.4, 0.5) is 0 Å². The van der Waals surface area contributed by atoms with Crippen LogP contribution in [0, 0.1) is 5.92 Å². The fourth-order valence-electron chi connectivity index (χ4n) is 4.21. The third-order valence-corrected chi connectivity index (χ3v) is 5.50. The molecule has 1 unspecified atom stereocenters. The lowest BCUT2D eigenvalue weighted by Crippen LogP contribution is -2.25. The second-order valence-corrected chi connectivity index (χ2v) is 7.08. The van der Waals surface area contributed by atoms with Gasteiger partial charge >= 0.3 is 0 Å². The van der Waals surface area contributed by atoms with E-state index in [1.54, 1.807) is 7.11 Å². The first-order valence-corrected chi connectivity index (χ1v) is 9.18. The fourth-order valence-corrected chi connectivity index (χ4v) is 4.21. The molecule has 4 rings (SSSR count). The Morgan fingerprint density at radius 3 is 2.80 bits per heavy atom. The van der Waals surface area contributed by atoms with Crippen LogP contribution in [-0.4, -0.2) is 40.6 Å². The number of aryl methyl sites for hydroxylation is 2. The van der Waals surface area contributed by atoms with Gasteiger partial charge in [-0.05, 0) is 49.4 Å². The zero-order valence-corrected chi connectivity index (χ0v) is 15.0. The number of hydrogen-bond donors (Lipinski definition) is 0. The summed E-state index contributed by atoms with van der Waals surface area (Å²) in [5.74, 6) is 2.45. The van der Waals surface area contributed by atoms with Crippen molar-refractivity contribution in [2.45, 2.75) is 39.2 Å². The molecule has 0 radical (unpaired) electrons. The van der Waals surface area contributed by atoms with E-state index in [1.165, 1.54) is 17.5 Å². The fraction of sp³-hybridized carbons (Fsp3) is 0.500. The van der Waals surface area contributed by atoms with Gasteiger partial charge in [-0.3, -0.25) is 4.79 Å². The summed E-state index contributed by atoms with van der Waals surface area (Å²) in [4.78, 5) is 18.6. The minimum Gasteiger partial charge on any atom is -0.496 e. The normalized spacial score (nSPS) is 19.5. The summed E-state index contributed by atoms with van der Waals surface area (Å²) >= 11 is 0. The number of likely N-dealkylation sites (tertiary alicyclic amines) is 1. The van der Waals surface area contributed by atoms with Crippen LogP contribution in [0.25, 0.3) is 11.4 Å².